The zero-order chi connectivity index (χ0) is 23.0. The number of rotatable bonds is 6. The summed E-state index contributed by atoms with van der Waals surface area (Å²) in [5, 5.41) is 5.00. The third-order valence-corrected chi connectivity index (χ3v) is 7.67. The van der Waals surface area contributed by atoms with Gasteiger partial charge in [0.1, 0.15) is 12.4 Å². The third-order valence-electron chi connectivity index (χ3n) is 5.88. The molecule has 4 aromatic carbocycles. The van der Waals surface area contributed by atoms with Crippen LogP contribution in [0.2, 0.25) is 0 Å². The minimum absolute atomic E-state index is 0.0918. The Morgan fingerprint density at radius 3 is 2.27 bits per heavy atom. The quantitative estimate of drug-likeness (QED) is 0.445. The number of para-hydroxylation sites is 1. The van der Waals surface area contributed by atoms with Crippen LogP contribution in [0.1, 0.15) is 11.1 Å². The Bertz CT molecular complexity index is 1440. The first kappa shape index (κ1) is 21.2. The van der Waals surface area contributed by atoms with Gasteiger partial charge in [-0.25, -0.2) is 12.8 Å². The van der Waals surface area contributed by atoms with Crippen molar-refractivity contribution in [1.82, 2.24) is 0 Å². The molecule has 7 heteroatoms. The lowest BCUT2D eigenvalue weighted by Gasteiger charge is -2.24. The van der Waals surface area contributed by atoms with Crippen molar-refractivity contribution in [3.8, 4) is 0 Å². The smallest absolute Gasteiger partial charge is 0.264 e. The molecule has 0 radical (unpaired) electrons. The fraction of sp³-hybridized carbons (Fsp3) is 0.115. The lowest BCUT2D eigenvalue weighted by Crippen LogP contribution is -2.38. The van der Waals surface area contributed by atoms with E-state index < -0.39 is 28.3 Å². The molecule has 1 aliphatic carbocycles. The number of hydrogen-bond donors (Lipinski definition) is 1. The molecule has 33 heavy (non-hydrogen) atoms. The minimum atomic E-state index is -4.10. The Hall–Kier alpha value is -3.71. The van der Waals surface area contributed by atoms with Gasteiger partial charge in [0.05, 0.1) is 10.6 Å². The fourth-order valence-electron chi connectivity index (χ4n) is 4.32. The molecular weight excluding hydrogens is 439 g/mol. The molecule has 1 amide bonds. The number of nitrogens with one attached hydrogen (secondary N) is 1. The van der Waals surface area contributed by atoms with Crippen LogP contribution in [0.15, 0.2) is 89.8 Å². The molecule has 0 saturated carbocycles. The summed E-state index contributed by atoms with van der Waals surface area (Å²) in [5.41, 5.74) is 3.50. The Balaban J connectivity index is 1.48. The number of carbonyl (C=O) groups is 1. The van der Waals surface area contributed by atoms with Gasteiger partial charge in [-0.2, -0.15) is 0 Å². The Morgan fingerprint density at radius 1 is 0.848 bits per heavy atom. The van der Waals surface area contributed by atoms with E-state index in [-0.39, 0.29) is 4.90 Å². The van der Waals surface area contributed by atoms with E-state index in [1.165, 1.54) is 23.3 Å². The zero-order valence-electron chi connectivity index (χ0n) is 17.7. The summed E-state index contributed by atoms with van der Waals surface area (Å²) in [4.78, 5) is 13.0. The van der Waals surface area contributed by atoms with Crippen molar-refractivity contribution in [3.63, 3.8) is 0 Å². The van der Waals surface area contributed by atoms with E-state index in [1.807, 2.05) is 24.3 Å². The number of hydrogen-bond acceptors (Lipinski definition) is 3. The molecule has 5 nitrogen and oxygen atoms in total. The van der Waals surface area contributed by atoms with Crippen LogP contribution in [0, 0.1) is 5.82 Å². The van der Waals surface area contributed by atoms with E-state index in [4.69, 9.17) is 0 Å². The van der Waals surface area contributed by atoms with Gasteiger partial charge in [0.25, 0.3) is 10.0 Å². The van der Waals surface area contributed by atoms with Gasteiger partial charge in [0.2, 0.25) is 5.91 Å². The van der Waals surface area contributed by atoms with Crippen LogP contribution in [-0.2, 0) is 27.7 Å². The van der Waals surface area contributed by atoms with E-state index in [9.17, 15) is 17.6 Å². The molecule has 4 aromatic rings. The third kappa shape index (κ3) is 3.96. The van der Waals surface area contributed by atoms with Crippen LogP contribution in [0.4, 0.5) is 15.8 Å². The number of anilines is 2. The molecule has 0 saturated heterocycles. The maximum Gasteiger partial charge on any atom is 0.264 e. The fourth-order valence-corrected chi connectivity index (χ4v) is 5.74. The summed E-state index contributed by atoms with van der Waals surface area (Å²) >= 11 is 0. The summed E-state index contributed by atoms with van der Waals surface area (Å²) in [7, 11) is -4.10. The highest BCUT2D eigenvalue weighted by Gasteiger charge is 2.27. The van der Waals surface area contributed by atoms with Crippen LogP contribution in [0.5, 0.6) is 0 Å². The Morgan fingerprint density at radius 2 is 1.55 bits per heavy atom. The predicted molar refractivity (Wildman–Crippen MR) is 127 cm³/mol. The second-order valence-corrected chi connectivity index (χ2v) is 9.82. The average Bonchev–Trinajstić information content (AvgIpc) is 3.25. The summed E-state index contributed by atoms with van der Waals surface area (Å²) in [6.45, 7) is -0.424. The normalized spacial score (nSPS) is 12.6. The first-order chi connectivity index (χ1) is 15.9. The molecule has 0 unspecified atom stereocenters. The predicted octanol–water partition coefficient (Wildman–Crippen LogP) is 4.91. The highest BCUT2D eigenvalue weighted by Crippen LogP contribution is 2.35. The van der Waals surface area contributed by atoms with Gasteiger partial charge in [-0.3, -0.25) is 9.10 Å². The number of halogens is 1. The zero-order valence-corrected chi connectivity index (χ0v) is 18.5. The monoisotopic (exact) mass is 460 g/mol. The lowest BCUT2D eigenvalue weighted by atomic mass is 10.0. The maximum absolute atomic E-state index is 13.4. The van der Waals surface area contributed by atoms with Crippen molar-refractivity contribution in [3.05, 3.63) is 102 Å². The maximum atomic E-state index is 13.4. The Kier molecular flexibility index (Phi) is 5.34. The van der Waals surface area contributed by atoms with Crippen molar-refractivity contribution in [2.75, 3.05) is 16.2 Å². The number of amides is 1. The number of nitrogens with zero attached hydrogens (tertiary/aromatic N) is 1. The molecule has 0 atom stereocenters. The van der Waals surface area contributed by atoms with E-state index in [2.05, 4.69) is 11.4 Å². The van der Waals surface area contributed by atoms with Gasteiger partial charge >= 0.3 is 0 Å². The second kappa shape index (κ2) is 8.33. The van der Waals surface area contributed by atoms with E-state index in [0.717, 1.165) is 40.1 Å². The van der Waals surface area contributed by atoms with E-state index in [0.29, 0.717) is 11.4 Å². The summed E-state index contributed by atoms with van der Waals surface area (Å²) in [6, 6.07) is 22.9. The lowest BCUT2D eigenvalue weighted by molar-refractivity contribution is -0.114. The van der Waals surface area contributed by atoms with Crippen molar-refractivity contribution in [2.45, 2.75) is 17.7 Å². The van der Waals surface area contributed by atoms with Crippen molar-refractivity contribution in [2.24, 2.45) is 0 Å². The molecular formula is C26H21FN2O3S. The molecule has 1 aliphatic rings. The second-order valence-electron chi connectivity index (χ2n) is 7.96. The molecule has 1 N–H and O–H groups in total. The van der Waals surface area contributed by atoms with Crippen LogP contribution in [0.25, 0.3) is 10.8 Å². The number of aryl methyl sites for hydroxylation is 2. The van der Waals surface area contributed by atoms with Gasteiger partial charge in [-0.05, 0) is 71.8 Å². The minimum Gasteiger partial charge on any atom is -0.324 e. The summed E-state index contributed by atoms with van der Waals surface area (Å²) in [5.74, 6) is -1.01. The summed E-state index contributed by atoms with van der Waals surface area (Å²) < 4.78 is 41.1. The van der Waals surface area contributed by atoms with Crippen molar-refractivity contribution < 1.29 is 17.6 Å². The molecule has 0 heterocycles. The van der Waals surface area contributed by atoms with Crippen LogP contribution >= 0.6 is 0 Å². The molecule has 5 rings (SSSR count). The van der Waals surface area contributed by atoms with E-state index >= 15 is 0 Å². The first-order valence-electron chi connectivity index (χ1n) is 10.6. The molecule has 0 spiro atoms. The molecule has 166 valence electrons. The largest absolute Gasteiger partial charge is 0.324 e. The molecule has 0 fully saturated rings. The average molecular weight is 461 g/mol. The van der Waals surface area contributed by atoms with Crippen molar-refractivity contribution >= 4 is 38.1 Å². The standard InChI is InChI=1S/C26H21FN2O3S/c27-20-12-14-22(15-13-20)33(31,32)29(21-6-2-1-3-7-21)17-25(30)28-24-16-11-19-10-9-18-5-4-8-23(24)26(18)19/h1-8,11-16H,9-10,17H2,(H,28,30). The number of sulfonamides is 1. The topological polar surface area (TPSA) is 66.5 Å². The molecule has 0 aliphatic heterocycles. The highest BCUT2D eigenvalue weighted by molar-refractivity contribution is 7.92. The number of benzene rings is 4. The summed E-state index contributed by atoms with van der Waals surface area (Å²) in [6.07, 6.45) is 1.95. The van der Waals surface area contributed by atoms with Gasteiger partial charge < -0.3 is 5.32 Å². The van der Waals surface area contributed by atoms with Gasteiger partial charge in [-0.1, -0.05) is 42.5 Å². The van der Waals surface area contributed by atoms with Crippen LogP contribution in [0.3, 0.4) is 0 Å². The first-order valence-corrected chi connectivity index (χ1v) is 12.0. The highest BCUT2D eigenvalue weighted by atomic mass is 32.2. The van der Waals surface area contributed by atoms with Gasteiger partial charge in [0.15, 0.2) is 0 Å². The van der Waals surface area contributed by atoms with E-state index in [1.54, 1.807) is 30.3 Å². The van der Waals surface area contributed by atoms with Crippen LogP contribution in [-0.4, -0.2) is 20.9 Å². The van der Waals surface area contributed by atoms with Gasteiger partial charge in [-0.15, -0.1) is 0 Å². The van der Waals surface area contributed by atoms with Gasteiger partial charge in [0, 0.05) is 11.1 Å². The Labute approximate surface area is 191 Å². The van der Waals surface area contributed by atoms with Crippen LogP contribution < -0.4 is 9.62 Å². The molecule has 0 bridgehead atoms. The molecule has 0 aromatic heterocycles. The SMILES string of the molecule is O=C(CN(c1ccccc1)S(=O)(=O)c1ccc(F)cc1)Nc1ccc2c3c(cccc13)CC2. The van der Waals surface area contributed by atoms with Crippen molar-refractivity contribution in [1.29, 1.82) is 0 Å². The number of carbonyl (C=O) groups excluding carboxylic acids is 1.